The minimum atomic E-state index is 0.529. The number of hydrogen-bond donors (Lipinski definition) is 0. The van der Waals surface area contributed by atoms with Crippen molar-refractivity contribution in [1.29, 1.82) is 0 Å². The lowest BCUT2D eigenvalue weighted by atomic mass is 9.93. The van der Waals surface area contributed by atoms with Crippen molar-refractivity contribution in [2.75, 3.05) is 13.1 Å². The third-order valence-corrected chi connectivity index (χ3v) is 8.96. The number of likely N-dealkylation sites (tertiary alicyclic amines) is 1. The van der Waals surface area contributed by atoms with Gasteiger partial charge < -0.3 is 4.74 Å². The molecule has 3 aromatic carbocycles. The lowest BCUT2D eigenvalue weighted by Gasteiger charge is -2.28. The highest BCUT2D eigenvalue weighted by Gasteiger charge is 2.18. The van der Waals surface area contributed by atoms with Gasteiger partial charge in [0, 0.05) is 11.8 Å². The van der Waals surface area contributed by atoms with Gasteiger partial charge in [-0.05, 0) is 79.2 Å². The molecule has 3 heteroatoms. The third kappa shape index (κ3) is 6.55. The molecule has 1 aliphatic heterocycles. The van der Waals surface area contributed by atoms with Gasteiger partial charge >= 0.3 is 0 Å². The predicted octanol–water partition coefficient (Wildman–Crippen LogP) is 6.86. The number of aryl methyl sites for hydroxylation is 1. The number of hydrogen-bond acceptors (Lipinski definition) is 2. The molecule has 1 fully saturated rings. The molecule has 3 aromatic rings. The number of allylic oxidation sites excluding steroid dienone is 4. The molecular formula is C33H38NOP. The summed E-state index contributed by atoms with van der Waals surface area (Å²) < 4.78 is 6.65. The number of piperidine rings is 1. The lowest BCUT2D eigenvalue weighted by Crippen LogP contribution is -2.31. The van der Waals surface area contributed by atoms with Gasteiger partial charge in [-0.25, -0.2) is 0 Å². The number of nitrogens with zero attached hydrogens (tertiary/aromatic N) is 1. The minimum absolute atomic E-state index is 0.529. The van der Waals surface area contributed by atoms with Crippen LogP contribution < -0.4 is 15.3 Å². The zero-order chi connectivity index (χ0) is 24.6. The fourth-order valence-corrected chi connectivity index (χ4v) is 6.74. The molecule has 0 aromatic heterocycles. The van der Waals surface area contributed by atoms with Crippen molar-refractivity contribution < 1.29 is 4.74 Å². The Hall–Kier alpha value is -2.67. The summed E-state index contributed by atoms with van der Waals surface area (Å²) in [6, 6.07) is 24.2. The van der Waals surface area contributed by atoms with E-state index in [9.17, 15) is 0 Å². The summed E-state index contributed by atoms with van der Waals surface area (Å²) in [7, 11) is 0.587. The highest BCUT2D eigenvalue weighted by atomic mass is 31.1. The maximum Gasteiger partial charge on any atom is 0.130 e. The zero-order valence-electron chi connectivity index (χ0n) is 21.5. The van der Waals surface area contributed by atoms with Crippen molar-refractivity contribution in [3.63, 3.8) is 0 Å². The van der Waals surface area contributed by atoms with Gasteiger partial charge in [0.25, 0.3) is 0 Å². The SMILES string of the molecule is Cc1cccc(CN2CCCCC2)c1Pc1cccc(CC2C=CC=CC2)c1OCc1ccccc1. The van der Waals surface area contributed by atoms with Crippen LogP contribution in [0.2, 0.25) is 0 Å². The van der Waals surface area contributed by atoms with Gasteiger partial charge in [-0.15, -0.1) is 0 Å². The Labute approximate surface area is 218 Å². The van der Waals surface area contributed by atoms with Gasteiger partial charge in [-0.1, -0.05) is 106 Å². The topological polar surface area (TPSA) is 12.5 Å². The Balaban J connectivity index is 1.44. The van der Waals surface area contributed by atoms with Crippen LogP contribution in [0.4, 0.5) is 0 Å². The molecular weight excluding hydrogens is 457 g/mol. The molecule has 5 rings (SSSR count). The van der Waals surface area contributed by atoms with Gasteiger partial charge in [0.05, 0.1) is 0 Å². The molecule has 0 spiro atoms. The highest BCUT2D eigenvalue weighted by Crippen LogP contribution is 2.30. The summed E-state index contributed by atoms with van der Waals surface area (Å²) in [5.74, 6) is 1.62. The average Bonchev–Trinajstić information content (AvgIpc) is 2.92. The third-order valence-electron chi connectivity index (χ3n) is 7.34. The van der Waals surface area contributed by atoms with Crippen molar-refractivity contribution in [3.8, 4) is 5.75 Å². The minimum Gasteiger partial charge on any atom is -0.488 e. The van der Waals surface area contributed by atoms with Crippen LogP contribution >= 0.6 is 8.58 Å². The van der Waals surface area contributed by atoms with E-state index in [0.29, 0.717) is 21.1 Å². The Morgan fingerprint density at radius 2 is 1.67 bits per heavy atom. The van der Waals surface area contributed by atoms with Crippen LogP contribution in [0.1, 0.15) is 47.9 Å². The van der Waals surface area contributed by atoms with Crippen molar-refractivity contribution in [1.82, 2.24) is 4.90 Å². The number of rotatable bonds is 9. The fourth-order valence-electron chi connectivity index (χ4n) is 5.34. The first-order chi connectivity index (χ1) is 17.8. The van der Waals surface area contributed by atoms with E-state index in [0.717, 1.165) is 25.1 Å². The van der Waals surface area contributed by atoms with Gasteiger partial charge in [-0.3, -0.25) is 4.90 Å². The molecule has 0 amide bonds. The average molecular weight is 496 g/mol. The normalized spacial score (nSPS) is 18.2. The van der Waals surface area contributed by atoms with Crippen LogP contribution in [0.15, 0.2) is 91.0 Å². The molecule has 0 bridgehead atoms. The van der Waals surface area contributed by atoms with Crippen molar-refractivity contribution in [2.24, 2.45) is 5.92 Å². The molecule has 2 atom stereocenters. The van der Waals surface area contributed by atoms with Crippen molar-refractivity contribution in [2.45, 2.75) is 52.2 Å². The summed E-state index contributed by atoms with van der Waals surface area (Å²) >= 11 is 0. The first-order valence-corrected chi connectivity index (χ1v) is 14.5. The van der Waals surface area contributed by atoms with E-state index in [1.165, 1.54) is 65.2 Å². The predicted molar refractivity (Wildman–Crippen MR) is 155 cm³/mol. The largest absolute Gasteiger partial charge is 0.488 e. The molecule has 0 N–H and O–H groups in total. The highest BCUT2D eigenvalue weighted by molar-refractivity contribution is 7.56. The van der Waals surface area contributed by atoms with Gasteiger partial charge in [-0.2, -0.15) is 0 Å². The first-order valence-electron chi connectivity index (χ1n) is 13.5. The quantitative estimate of drug-likeness (QED) is 0.301. The van der Waals surface area contributed by atoms with E-state index < -0.39 is 0 Å². The van der Waals surface area contributed by atoms with Crippen LogP contribution in [-0.4, -0.2) is 18.0 Å². The second-order valence-corrected chi connectivity index (χ2v) is 11.4. The van der Waals surface area contributed by atoms with E-state index in [4.69, 9.17) is 4.74 Å². The second-order valence-electron chi connectivity index (χ2n) is 10.2. The summed E-state index contributed by atoms with van der Waals surface area (Å²) in [6.45, 7) is 6.38. The zero-order valence-corrected chi connectivity index (χ0v) is 22.5. The summed E-state index contributed by atoms with van der Waals surface area (Å²) in [6.07, 6.45) is 15.1. The molecule has 1 saturated heterocycles. The maximum absolute atomic E-state index is 6.65. The molecule has 186 valence electrons. The van der Waals surface area contributed by atoms with E-state index in [-0.39, 0.29) is 0 Å². The summed E-state index contributed by atoms with van der Waals surface area (Å²) in [5.41, 5.74) is 5.41. The van der Waals surface area contributed by atoms with Gasteiger partial charge in [0.2, 0.25) is 0 Å². The molecule has 2 nitrogen and oxygen atoms in total. The van der Waals surface area contributed by atoms with Crippen LogP contribution in [0.5, 0.6) is 5.75 Å². The van der Waals surface area contributed by atoms with Crippen LogP contribution in [-0.2, 0) is 19.6 Å². The molecule has 2 unspecified atom stereocenters. The van der Waals surface area contributed by atoms with Crippen molar-refractivity contribution >= 4 is 19.2 Å². The second kappa shape index (κ2) is 12.5. The Bertz CT molecular complexity index is 1190. The summed E-state index contributed by atoms with van der Waals surface area (Å²) in [4.78, 5) is 2.64. The standard InChI is InChI=1S/C33H38NOP/c1-26-13-11-19-30(24-34-21-9-4-10-22-34)33(26)36-31-20-12-18-29(23-27-14-5-2-6-15-27)32(31)35-25-28-16-7-3-8-17-28/h2-3,5-8,11-14,16-20,27,36H,4,9-10,15,21-25H2,1H3. The van der Waals surface area contributed by atoms with E-state index >= 15 is 0 Å². The Morgan fingerprint density at radius 1 is 0.861 bits per heavy atom. The number of para-hydroxylation sites is 1. The van der Waals surface area contributed by atoms with E-state index in [1.807, 2.05) is 0 Å². The molecule has 2 aliphatic rings. The molecule has 1 aliphatic carbocycles. The number of benzene rings is 3. The van der Waals surface area contributed by atoms with Gasteiger partial charge in [0.15, 0.2) is 0 Å². The maximum atomic E-state index is 6.65. The smallest absolute Gasteiger partial charge is 0.130 e. The van der Waals surface area contributed by atoms with E-state index in [1.54, 1.807) is 0 Å². The van der Waals surface area contributed by atoms with Crippen LogP contribution in [0.25, 0.3) is 0 Å². The lowest BCUT2D eigenvalue weighted by molar-refractivity contribution is 0.221. The molecule has 1 heterocycles. The van der Waals surface area contributed by atoms with Gasteiger partial charge in [0.1, 0.15) is 12.4 Å². The first kappa shape index (κ1) is 25.0. The fraction of sp³-hybridized carbons (Fsp3) is 0.333. The monoisotopic (exact) mass is 495 g/mol. The Morgan fingerprint density at radius 3 is 2.47 bits per heavy atom. The molecule has 0 radical (unpaired) electrons. The molecule has 36 heavy (non-hydrogen) atoms. The molecule has 0 saturated carbocycles. The van der Waals surface area contributed by atoms with Crippen LogP contribution in [0, 0.1) is 12.8 Å². The number of ether oxygens (including phenoxy) is 1. The van der Waals surface area contributed by atoms with Crippen LogP contribution in [0.3, 0.4) is 0 Å². The Kier molecular flexibility index (Phi) is 8.70. The summed E-state index contributed by atoms with van der Waals surface area (Å²) in [5, 5.41) is 2.82. The van der Waals surface area contributed by atoms with E-state index in [2.05, 4.69) is 103 Å². The van der Waals surface area contributed by atoms with Crippen molar-refractivity contribution in [3.05, 3.63) is 113 Å².